The molecule has 1 heterocycles. The molecule has 2 unspecified atom stereocenters. The van der Waals surface area contributed by atoms with Crippen LogP contribution in [0, 0.1) is 11.8 Å². The van der Waals surface area contributed by atoms with Crippen LogP contribution in [0.3, 0.4) is 0 Å². The highest BCUT2D eigenvalue weighted by molar-refractivity contribution is 5.32. The lowest BCUT2D eigenvalue weighted by molar-refractivity contribution is -0.196. The number of fused-ring (bicyclic) bond motifs is 1. The fraction of sp³-hybridized carbons (Fsp3) is 0.667. The number of rotatable bonds is 0. The van der Waals surface area contributed by atoms with Crippen molar-refractivity contribution in [2.45, 2.75) is 50.7 Å². The highest BCUT2D eigenvalue weighted by Gasteiger charge is 2.55. The Labute approximate surface area is 121 Å². The van der Waals surface area contributed by atoms with Crippen LogP contribution in [0.15, 0.2) is 24.3 Å². The van der Waals surface area contributed by atoms with Crippen molar-refractivity contribution in [3.05, 3.63) is 35.4 Å². The quantitative estimate of drug-likeness (QED) is 0.783. The Morgan fingerprint density at radius 3 is 2.15 bits per heavy atom. The Hall–Kier alpha value is -0.860. The fourth-order valence-corrected chi connectivity index (χ4v) is 4.86. The zero-order valence-electron chi connectivity index (χ0n) is 12.6. The minimum atomic E-state index is -0.0321. The molecule has 2 bridgehead atoms. The lowest BCUT2D eigenvalue weighted by Gasteiger charge is -2.49. The average molecular weight is 271 g/mol. The summed E-state index contributed by atoms with van der Waals surface area (Å²) in [4.78, 5) is 0. The minimum absolute atomic E-state index is 0.0321. The summed E-state index contributed by atoms with van der Waals surface area (Å²) in [5.41, 5.74) is 3.16. The molecule has 20 heavy (non-hydrogen) atoms. The van der Waals surface area contributed by atoms with Gasteiger partial charge in [-0.05, 0) is 62.5 Å². The maximum absolute atomic E-state index is 6.74. The van der Waals surface area contributed by atoms with Crippen LogP contribution < -0.4 is 5.32 Å². The smallest absolute Gasteiger partial charge is 0.0876 e. The Morgan fingerprint density at radius 2 is 1.60 bits per heavy atom. The molecule has 4 rings (SSSR count). The van der Waals surface area contributed by atoms with E-state index in [-0.39, 0.29) is 11.2 Å². The first-order valence-corrected chi connectivity index (χ1v) is 8.07. The van der Waals surface area contributed by atoms with E-state index in [9.17, 15) is 0 Å². The van der Waals surface area contributed by atoms with Crippen LogP contribution >= 0.6 is 0 Å². The van der Waals surface area contributed by atoms with Crippen LogP contribution in [0.25, 0.3) is 0 Å². The molecule has 0 amide bonds. The Balaban J connectivity index is 1.73. The second kappa shape index (κ2) is 4.32. The van der Waals surface area contributed by atoms with Crippen molar-refractivity contribution in [2.24, 2.45) is 11.8 Å². The molecule has 1 saturated carbocycles. The van der Waals surface area contributed by atoms with Crippen molar-refractivity contribution in [3.8, 4) is 0 Å². The normalized spacial score (nSPS) is 38.5. The molecule has 1 aromatic carbocycles. The van der Waals surface area contributed by atoms with E-state index in [0.29, 0.717) is 11.8 Å². The van der Waals surface area contributed by atoms with E-state index in [1.807, 2.05) is 0 Å². The van der Waals surface area contributed by atoms with Crippen LogP contribution in [0.1, 0.15) is 37.8 Å². The second-order valence-corrected chi connectivity index (χ2v) is 7.57. The summed E-state index contributed by atoms with van der Waals surface area (Å²) in [6.07, 6.45) is 5.06. The number of nitrogens with one attached hydrogen (secondary N) is 1. The van der Waals surface area contributed by atoms with Gasteiger partial charge in [0.2, 0.25) is 0 Å². The maximum Gasteiger partial charge on any atom is 0.0876 e. The molecule has 2 heteroatoms. The summed E-state index contributed by atoms with van der Waals surface area (Å²) >= 11 is 0. The van der Waals surface area contributed by atoms with Gasteiger partial charge in [0, 0.05) is 13.1 Å². The molecule has 1 aliphatic heterocycles. The topological polar surface area (TPSA) is 21.3 Å². The lowest BCUT2D eigenvalue weighted by atomic mass is 9.80. The highest BCUT2D eigenvalue weighted by Crippen LogP contribution is 2.51. The van der Waals surface area contributed by atoms with E-state index >= 15 is 0 Å². The number of hydrogen-bond acceptors (Lipinski definition) is 2. The van der Waals surface area contributed by atoms with E-state index in [4.69, 9.17) is 4.74 Å². The van der Waals surface area contributed by atoms with E-state index in [1.165, 1.54) is 25.7 Å². The van der Waals surface area contributed by atoms with Gasteiger partial charge in [0.05, 0.1) is 11.2 Å². The molecule has 108 valence electrons. The van der Waals surface area contributed by atoms with Gasteiger partial charge in [-0.2, -0.15) is 0 Å². The molecule has 2 aliphatic carbocycles. The fourth-order valence-electron chi connectivity index (χ4n) is 4.86. The van der Waals surface area contributed by atoms with E-state index < -0.39 is 0 Å². The zero-order chi connectivity index (χ0) is 13.8. The molecule has 1 aromatic rings. The maximum atomic E-state index is 6.74. The second-order valence-electron chi connectivity index (χ2n) is 7.57. The molecule has 0 aromatic heterocycles. The molecule has 2 nitrogen and oxygen atoms in total. The van der Waals surface area contributed by atoms with Crippen LogP contribution in [0.4, 0.5) is 0 Å². The molecule has 0 radical (unpaired) electrons. The largest absolute Gasteiger partial charge is 0.366 e. The van der Waals surface area contributed by atoms with Crippen molar-refractivity contribution in [1.29, 1.82) is 0 Å². The minimum Gasteiger partial charge on any atom is -0.366 e. The first-order valence-electron chi connectivity index (χ1n) is 8.07. The van der Waals surface area contributed by atoms with Gasteiger partial charge in [-0.1, -0.05) is 24.3 Å². The van der Waals surface area contributed by atoms with Crippen molar-refractivity contribution in [3.63, 3.8) is 0 Å². The molecule has 2 atom stereocenters. The lowest BCUT2D eigenvalue weighted by Crippen LogP contribution is -2.62. The van der Waals surface area contributed by atoms with Crippen molar-refractivity contribution in [2.75, 3.05) is 13.1 Å². The standard InChI is InChI=1S/C18H25NO/c1-17(2)11-19-12-18(20-17)15-7-8-16(18)10-14-6-4-3-5-13(14)9-15/h3-6,15-16,19H,7-12H2,1-2H3. The van der Waals surface area contributed by atoms with E-state index in [1.54, 1.807) is 11.1 Å². The van der Waals surface area contributed by atoms with Gasteiger partial charge in [-0.3, -0.25) is 0 Å². The molecule has 1 N–H and O–H groups in total. The third-order valence-electron chi connectivity index (χ3n) is 5.72. The van der Waals surface area contributed by atoms with Crippen molar-refractivity contribution >= 4 is 0 Å². The molecule has 1 saturated heterocycles. The predicted molar refractivity (Wildman–Crippen MR) is 80.8 cm³/mol. The van der Waals surface area contributed by atoms with Gasteiger partial charge in [-0.25, -0.2) is 0 Å². The first kappa shape index (κ1) is 12.8. The van der Waals surface area contributed by atoms with Gasteiger partial charge < -0.3 is 10.1 Å². The SMILES string of the molecule is CC1(C)CNCC2(O1)C1CCC2Cc2ccccc2C1. The van der Waals surface area contributed by atoms with E-state index in [2.05, 4.69) is 43.4 Å². The third kappa shape index (κ3) is 1.85. The Kier molecular flexibility index (Phi) is 2.77. The summed E-state index contributed by atoms with van der Waals surface area (Å²) in [5, 5.41) is 3.67. The molecular weight excluding hydrogens is 246 g/mol. The third-order valence-corrected chi connectivity index (χ3v) is 5.72. The summed E-state index contributed by atoms with van der Waals surface area (Å²) in [6.45, 7) is 6.48. The Bertz CT molecular complexity index is 489. The summed E-state index contributed by atoms with van der Waals surface area (Å²) < 4.78 is 6.74. The Morgan fingerprint density at radius 1 is 1.00 bits per heavy atom. The van der Waals surface area contributed by atoms with E-state index in [0.717, 1.165) is 13.1 Å². The van der Waals surface area contributed by atoms with Gasteiger partial charge in [0.25, 0.3) is 0 Å². The number of morpholine rings is 1. The van der Waals surface area contributed by atoms with Crippen LogP contribution in [-0.2, 0) is 17.6 Å². The molecule has 2 fully saturated rings. The number of hydrogen-bond donors (Lipinski definition) is 1. The summed E-state index contributed by atoms with van der Waals surface area (Å²) in [6, 6.07) is 9.03. The van der Waals surface area contributed by atoms with Crippen LogP contribution in [-0.4, -0.2) is 24.3 Å². The van der Waals surface area contributed by atoms with Gasteiger partial charge in [0.15, 0.2) is 0 Å². The van der Waals surface area contributed by atoms with Gasteiger partial charge in [0.1, 0.15) is 0 Å². The molecule has 3 aliphatic rings. The zero-order valence-corrected chi connectivity index (χ0v) is 12.6. The van der Waals surface area contributed by atoms with Gasteiger partial charge >= 0.3 is 0 Å². The van der Waals surface area contributed by atoms with Crippen molar-refractivity contribution < 1.29 is 4.74 Å². The monoisotopic (exact) mass is 271 g/mol. The molecular formula is C18H25NO. The molecule has 1 spiro atoms. The van der Waals surface area contributed by atoms with Crippen LogP contribution in [0.5, 0.6) is 0 Å². The summed E-state index contributed by atoms with van der Waals surface area (Å²) in [5.74, 6) is 1.37. The average Bonchev–Trinajstić information content (AvgIpc) is 2.61. The highest BCUT2D eigenvalue weighted by atomic mass is 16.5. The van der Waals surface area contributed by atoms with Gasteiger partial charge in [-0.15, -0.1) is 0 Å². The number of benzene rings is 1. The van der Waals surface area contributed by atoms with Crippen LogP contribution in [0.2, 0.25) is 0 Å². The summed E-state index contributed by atoms with van der Waals surface area (Å²) in [7, 11) is 0. The predicted octanol–water partition coefficient (Wildman–Crippen LogP) is 2.95. The first-order chi connectivity index (χ1) is 9.59. The number of ether oxygens (including phenoxy) is 1. The van der Waals surface area contributed by atoms with Crippen molar-refractivity contribution in [1.82, 2.24) is 5.32 Å².